The molecule has 0 aliphatic carbocycles. The summed E-state index contributed by atoms with van der Waals surface area (Å²) in [5.74, 6) is -0.741. The molecule has 1 amide bonds. The molecule has 156 valence electrons. The second kappa shape index (κ2) is 9.04. The van der Waals surface area contributed by atoms with E-state index in [-0.39, 0.29) is 17.1 Å². The molecule has 0 aliphatic rings. The predicted octanol–water partition coefficient (Wildman–Crippen LogP) is 5.47. The molecule has 9 heteroatoms. The van der Waals surface area contributed by atoms with Gasteiger partial charge in [0.25, 0.3) is 0 Å². The van der Waals surface area contributed by atoms with Gasteiger partial charge in [0.05, 0.1) is 22.8 Å². The number of rotatable bonds is 6. The van der Waals surface area contributed by atoms with Crippen LogP contribution in [0.25, 0.3) is 22.4 Å². The number of amides is 1. The van der Waals surface area contributed by atoms with Gasteiger partial charge in [0.2, 0.25) is 5.91 Å². The van der Waals surface area contributed by atoms with Crippen LogP contribution in [0, 0.1) is 0 Å². The quantitative estimate of drug-likeness (QED) is 0.519. The van der Waals surface area contributed by atoms with E-state index in [1.165, 1.54) is 12.1 Å². The highest BCUT2D eigenvalue weighted by Crippen LogP contribution is 2.38. The zero-order chi connectivity index (χ0) is 21.9. The summed E-state index contributed by atoms with van der Waals surface area (Å²) < 4.78 is 37.6. The third kappa shape index (κ3) is 5.11. The van der Waals surface area contributed by atoms with Gasteiger partial charge in [-0.1, -0.05) is 41.4 Å². The molecule has 3 rings (SSSR count). The average Bonchev–Trinajstić information content (AvgIpc) is 2.68. The fourth-order valence-electron chi connectivity index (χ4n) is 3.00. The third-order valence-corrected chi connectivity index (χ3v) is 5.05. The van der Waals surface area contributed by atoms with Crippen LogP contribution in [0.1, 0.15) is 15.9 Å². The van der Waals surface area contributed by atoms with Crippen molar-refractivity contribution in [3.63, 3.8) is 0 Å². The lowest BCUT2D eigenvalue weighted by Gasteiger charge is -2.17. The van der Waals surface area contributed by atoms with Gasteiger partial charge in [0.1, 0.15) is 0 Å². The standard InChI is InChI=1S/C21H16Cl2F3N3O/c22-16-7-5-12(9-15(16)17-3-1-2-8-29-17)18-13(10-28-11-21(24,25)26)4-6-14(19(18)23)20(27)30/h1-9,28H,10-11H2,(H2,27,30). The fraction of sp³-hybridized carbons (Fsp3) is 0.143. The molecule has 2 aromatic carbocycles. The van der Waals surface area contributed by atoms with Crippen molar-refractivity contribution >= 4 is 29.1 Å². The first-order valence-electron chi connectivity index (χ1n) is 8.77. The number of aromatic nitrogens is 1. The first-order chi connectivity index (χ1) is 14.2. The van der Waals surface area contributed by atoms with Crippen LogP contribution >= 0.6 is 23.2 Å². The lowest BCUT2D eigenvalue weighted by Crippen LogP contribution is -2.28. The number of alkyl halides is 3. The molecule has 0 spiro atoms. The Kier molecular flexibility index (Phi) is 6.65. The van der Waals surface area contributed by atoms with Crippen molar-refractivity contribution in [2.45, 2.75) is 12.7 Å². The van der Waals surface area contributed by atoms with Crippen molar-refractivity contribution in [1.29, 1.82) is 0 Å². The van der Waals surface area contributed by atoms with E-state index in [9.17, 15) is 18.0 Å². The summed E-state index contributed by atoms with van der Waals surface area (Å²) in [6.45, 7) is -1.28. The average molecular weight is 454 g/mol. The van der Waals surface area contributed by atoms with E-state index in [1.54, 1.807) is 42.6 Å². The van der Waals surface area contributed by atoms with E-state index < -0.39 is 18.6 Å². The molecule has 0 fully saturated rings. The molecule has 0 radical (unpaired) electrons. The molecule has 0 atom stereocenters. The minimum Gasteiger partial charge on any atom is -0.366 e. The van der Waals surface area contributed by atoms with E-state index >= 15 is 0 Å². The third-order valence-electron chi connectivity index (χ3n) is 4.33. The maximum Gasteiger partial charge on any atom is 0.401 e. The van der Waals surface area contributed by atoms with Gasteiger partial charge in [-0.25, -0.2) is 0 Å². The second-order valence-electron chi connectivity index (χ2n) is 6.45. The van der Waals surface area contributed by atoms with Crippen LogP contribution in [0.4, 0.5) is 13.2 Å². The Morgan fingerprint density at radius 2 is 1.87 bits per heavy atom. The molecule has 30 heavy (non-hydrogen) atoms. The van der Waals surface area contributed by atoms with Gasteiger partial charge in [-0.05, 0) is 41.5 Å². The number of carbonyl (C=O) groups is 1. The van der Waals surface area contributed by atoms with Crippen molar-refractivity contribution in [2.75, 3.05) is 6.54 Å². The number of carbonyl (C=O) groups excluding carboxylic acids is 1. The van der Waals surface area contributed by atoms with E-state index in [4.69, 9.17) is 28.9 Å². The van der Waals surface area contributed by atoms with Crippen molar-refractivity contribution in [3.05, 3.63) is 75.9 Å². The highest BCUT2D eigenvalue weighted by atomic mass is 35.5. The van der Waals surface area contributed by atoms with Crippen molar-refractivity contribution < 1.29 is 18.0 Å². The molecule has 0 bridgehead atoms. The van der Waals surface area contributed by atoms with Crippen LogP contribution < -0.4 is 11.1 Å². The molecule has 3 aromatic rings. The van der Waals surface area contributed by atoms with Gasteiger partial charge in [-0.2, -0.15) is 13.2 Å². The van der Waals surface area contributed by atoms with Crippen LogP contribution in [0.2, 0.25) is 10.0 Å². The molecule has 0 aliphatic heterocycles. The van der Waals surface area contributed by atoms with Crippen LogP contribution in [-0.2, 0) is 6.54 Å². The normalized spacial score (nSPS) is 11.5. The molecule has 3 N–H and O–H groups in total. The zero-order valence-corrected chi connectivity index (χ0v) is 16.9. The minimum absolute atomic E-state index is 0.0584. The smallest absolute Gasteiger partial charge is 0.366 e. The molecule has 1 aromatic heterocycles. The SMILES string of the molecule is NC(=O)c1ccc(CNCC(F)(F)F)c(-c2ccc(Cl)c(-c3ccccn3)c2)c1Cl. The largest absolute Gasteiger partial charge is 0.401 e. The van der Waals surface area contributed by atoms with Gasteiger partial charge in [-0.15, -0.1) is 0 Å². The maximum absolute atomic E-state index is 12.5. The number of benzene rings is 2. The van der Waals surface area contributed by atoms with Gasteiger partial charge < -0.3 is 11.1 Å². The summed E-state index contributed by atoms with van der Waals surface area (Å²) in [5.41, 5.74) is 8.14. The van der Waals surface area contributed by atoms with E-state index in [1.807, 2.05) is 0 Å². The maximum atomic E-state index is 12.5. The minimum atomic E-state index is -4.36. The van der Waals surface area contributed by atoms with Crippen LogP contribution in [0.5, 0.6) is 0 Å². The van der Waals surface area contributed by atoms with Crippen LogP contribution in [-0.4, -0.2) is 23.6 Å². The van der Waals surface area contributed by atoms with Gasteiger partial charge >= 0.3 is 6.18 Å². The Balaban J connectivity index is 2.11. The number of nitrogens with two attached hydrogens (primary N) is 1. The van der Waals surface area contributed by atoms with Crippen molar-refractivity contribution in [1.82, 2.24) is 10.3 Å². The van der Waals surface area contributed by atoms with Crippen molar-refractivity contribution in [2.24, 2.45) is 5.73 Å². The Morgan fingerprint density at radius 3 is 2.50 bits per heavy atom. The number of nitrogens with zero attached hydrogens (tertiary/aromatic N) is 1. The summed E-state index contributed by atoms with van der Waals surface area (Å²) in [5, 5.41) is 2.85. The lowest BCUT2D eigenvalue weighted by molar-refractivity contribution is -0.125. The summed E-state index contributed by atoms with van der Waals surface area (Å²) >= 11 is 12.8. The number of hydrogen-bond donors (Lipinski definition) is 2. The highest BCUT2D eigenvalue weighted by Gasteiger charge is 2.26. The highest BCUT2D eigenvalue weighted by molar-refractivity contribution is 6.37. The molecular formula is C21H16Cl2F3N3O. The number of nitrogens with one attached hydrogen (secondary N) is 1. The summed E-state index contributed by atoms with van der Waals surface area (Å²) in [6, 6.07) is 13.3. The molecule has 4 nitrogen and oxygen atoms in total. The Labute approximate surface area is 180 Å². The van der Waals surface area contributed by atoms with Gasteiger partial charge in [0.15, 0.2) is 0 Å². The molecule has 0 saturated carbocycles. The monoisotopic (exact) mass is 453 g/mol. The van der Waals surface area contributed by atoms with Crippen molar-refractivity contribution in [3.8, 4) is 22.4 Å². The molecule has 0 saturated heterocycles. The summed E-state index contributed by atoms with van der Waals surface area (Å²) in [6.07, 6.45) is -2.74. The van der Waals surface area contributed by atoms with Crippen LogP contribution in [0.3, 0.4) is 0 Å². The van der Waals surface area contributed by atoms with E-state index in [2.05, 4.69) is 10.3 Å². The second-order valence-corrected chi connectivity index (χ2v) is 7.24. The molecular weight excluding hydrogens is 438 g/mol. The van der Waals surface area contributed by atoms with Gasteiger partial charge in [-0.3, -0.25) is 9.78 Å². The molecule has 1 heterocycles. The predicted molar refractivity (Wildman–Crippen MR) is 111 cm³/mol. The first-order valence-corrected chi connectivity index (χ1v) is 9.53. The zero-order valence-electron chi connectivity index (χ0n) is 15.4. The Bertz CT molecular complexity index is 1070. The van der Waals surface area contributed by atoms with Gasteiger partial charge in [0, 0.05) is 28.9 Å². The van der Waals surface area contributed by atoms with Crippen LogP contribution in [0.15, 0.2) is 54.7 Å². The Hall–Kier alpha value is -2.61. The number of halogens is 5. The number of pyridine rings is 1. The van der Waals surface area contributed by atoms with E-state index in [0.29, 0.717) is 33.0 Å². The number of hydrogen-bond acceptors (Lipinski definition) is 3. The summed E-state index contributed by atoms with van der Waals surface area (Å²) in [7, 11) is 0. The topological polar surface area (TPSA) is 68.0 Å². The lowest BCUT2D eigenvalue weighted by atomic mass is 9.94. The molecule has 0 unspecified atom stereocenters. The first kappa shape index (κ1) is 22.1. The van der Waals surface area contributed by atoms with E-state index in [0.717, 1.165) is 0 Å². The number of primary amides is 1. The fourth-order valence-corrected chi connectivity index (χ4v) is 3.60. The summed E-state index contributed by atoms with van der Waals surface area (Å²) in [4.78, 5) is 16.0. The Morgan fingerprint density at radius 1 is 1.10 bits per heavy atom.